The predicted molar refractivity (Wildman–Crippen MR) is 70.1 cm³/mol. The number of hydrogen-bond donors (Lipinski definition) is 3. The van der Waals surface area contributed by atoms with Gasteiger partial charge in [-0.3, -0.25) is 15.1 Å². The van der Waals surface area contributed by atoms with E-state index in [2.05, 4.69) is 10.3 Å². The molecule has 1 aromatic heterocycles. The monoisotopic (exact) mass is 267 g/mol. The Kier molecular flexibility index (Phi) is 4.95. The molecule has 106 valence electrons. The molecule has 6 nitrogen and oxygen atoms in total. The molecule has 1 aliphatic rings. The van der Waals surface area contributed by atoms with Crippen molar-refractivity contribution in [3.8, 4) is 0 Å². The number of hydrazine groups is 1. The van der Waals surface area contributed by atoms with Crippen LogP contribution in [0.4, 0.5) is 0 Å². The summed E-state index contributed by atoms with van der Waals surface area (Å²) < 4.78 is 5.39. The highest BCUT2D eigenvalue weighted by Crippen LogP contribution is 2.24. The average molecular weight is 267 g/mol. The number of aliphatic hydroxyl groups is 1. The van der Waals surface area contributed by atoms with Crippen molar-refractivity contribution in [3.05, 3.63) is 23.7 Å². The minimum atomic E-state index is -0.324. The van der Waals surface area contributed by atoms with Gasteiger partial charge in [0.25, 0.3) is 5.91 Å². The van der Waals surface area contributed by atoms with Crippen molar-refractivity contribution in [3.63, 3.8) is 0 Å². The van der Waals surface area contributed by atoms with Gasteiger partial charge in [-0.2, -0.15) is 0 Å². The second kappa shape index (κ2) is 6.70. The van der Waals surface area contributed by atoms with Crippen molar-refractivity contribution < 1.29 is 14.3 Å². The van der Waals surface area contributed by atoms with Crippen molar-refractivity contribution in [2.24, 2.45) is 5.84 Å². The van der Waals surface area contributed by atoms with Gasteiger partial charge in [-0.25, -0.2) is 5.84 Å². The van der Waals surface area contributed by atoms with Crippen LogP contribution in [0.2, 0.25) is 0 Å². The number of furan rings is 1. The van der Waals surface area contributed by atoms with Gasteiger partial charge in [-0.15, -0.1) is 0 Å². The number of carbonyl (C=O) groups excluding carboxylic acids is 1. The molecule has 0 saturated carbocycles. The van der Waals surface area contributed by atoms with Crippen LogP contribution in [0.5, 0.6) is 0 Å². The number of aliphatic hydroxyl groups excluding tert-OH is 1. The maximum atomic E-state index is 11.6. The van der Waals surface area contributed by atoms with Crippen molar-refractivity contribution >= 4 is 5.91 Å². The van der Waals surface area contributed by atoms with E-state index in [9.17, 15) is 4.79 Å². The van der Waals surface area contributed by atoms with Crippen molar-refractivity contribution in [2.45, 2.75) is 38.3 Å². The summed E-state index contributed by atoms with van der Waals surface area (Å²) in [7, 11) is 0. The van der Waals surface area contributed by atoms with Gasteiger partial charge in [0.2, 0.25) is 0 Å². The highest BCUT2D eigenvalue weighted by atomic mass is 16.3. The molecule has 6 heteroatoms. The molecule has 1 fully saturated rings. The number of nitrogens with one attached hydrogen (secondary N) is 1. The Labute approximate surface area is 112 Å². The second-order valence-corrected chi connectivity index (χ2v) is 4.86. The lowest BCUT2D eigenvalue weighted by Gasteiger charge is -2.23. The van der Waals surface area contributed by atoms with Gasteiger partial charge in [0.15, 0.2) is 0 Å². The number of hydrogen-bond acceptors (Lipinski definition) is 5. The van der Waals surface area contributed by atoms with Gasteiger partial charge in [0.1, 0.15) is 5.76 Å². The van der Waals surface area contributed by atoms with E-state index in [-0.39, 0.29) is 12.5 Å². The van der Waals surface area contributed by atoms with Gasteiger partial charge >= 0.3 is 0 Å². The van der Waals surface area contributed by atoms with Crippen LogP contribution in [0, 0.1) is 0 Å². The lowest BCUT2D eigenvalue weighted by Crippen LogP contribution is -2.32. The van der Waals surface area contributed by atoms with Crippen LogP contribution < -0.4 is 11.3 Å². The lowest BCUT2D eigenvalue weighted by molar-refractivity contribution is 0.0949. The molecule has 0 radical (unpaired) electrons. The molecule has 1 aromatic rings. The summed E-state index contributed by atoms with van der Waals surface area (Å²) in [6.45, 7) is 1.85. The fraction of sp³-hybridized carbons (Fsp3) is 0.615. The van der Waals surface area contributed by atoms with Crippen molar-refractivity contribution in [2.75, 3.05) is 13.2 Å². The molecule has 19 heavy (non-hydrogen) atoms. The number of amides is 1. The molecule has 4 N–H and O–H groups in total. The fourth-order valence-corrected chi connectivity index (χ4v) is 2.68. The van der Waals surface area contributed by atoms with E-state index in [0.29, 0.717) is 23.9 Å². The van der Waals surface area contributed by atoms with Crippen molar-refractivity contribution in [1.82, 2.24) is 10.3 Å². The van der Waals surface area contributed by atoms with Crippen LogP contribution in [0.15, 0.2) is 16.7 Å². The zero-order chi connectivity index (χ0) is 13.7. The zero-order valence-electron chi connectivity index (χ0n) is 11.0. The minimum absolute atomic E-state index is 0.228. The van der Waals surface area contributed by atoms with Gasteiger partial charge in [0.05, 0.1) is 18.4 Å². The largest absolute Gasteiger partial charge is 0.467 e. The summed E-state index contributed by atoms with van der Waals surface area (Å²) in [5, 5.41) is 8.91. The quantitative estimate of drug-likeness (QED) is 0.399. The minimum Gasteiger partial charge on any atom is -0.467 e. The molecular formula is C13H21N3O3. The topological polar surface area (TPSA) is 91.7 Å². The first-order chi connectivity index (χ1) is 9.26. The van der Waals surface area contributed by atoms with E-state index < -0.39 is 0 Å². The lowest BCUT2D eigenvalue weighted by atomic mass is 10.1. The molecule has 1 unspecified atom stereocenters. The van der Waals surface area contributed by atoms with Gasteiger partial charge in [0, 0.05) is 12.6 Å². The average Bonchev–Trinajstić information content (AvgIpc) is 3.05. The summed E-state index contributed by atoms with van der Waals surface area (Å²) >= 11 is 0. The van der Waals surface area contributed by atoms with E-state index >= 15 is 0 Å². The fourth-order valence-electron chi connectivity index (χ4n) is 2.68. The second-order valence-electron chi connectivity index (χ2n) is 4.86. The van der Waals surface area contributed by atoms with Crippen LogP contribution in [0.3, 0.4) is 0 Å². The number of nitrogens with two attached hydrogens (primary N) is 1. The Morgan fingerprint density at radius 3 is 3.21 bits per heavy atom. The Balaban J connectivity index is 2.00. The molecule has 1 aliphatic heterocycles. The van der Waals surface area contributed by atoms with Crippen LogP contribution >= 0.6 is 0 Å². The Hall–Kier alpha value is -1.37. The molecule has 1 atom stereocenters. The highest BCUT2D eigenvalue weighted by Gasteiger charge is 2.26. The van der Waals surface area contributed by atoms with E-state index in [0.717, 1.165) is 32.2 Å². The Morgan fingerprint density at radius 2 is 2.47 bits per heavy atom. The van der Waals surface area contributed by atoms with Gasteiger partial charge in [-0.05, 0) is 38.3 Å². The molecule has 2 heterocycles. The Morgan fingerprint density at radius 1 is 1.63 bits per heavy atom. The third kappa shape index (κ3) is 3.34. The third-order valence-corrected chi connectivity index (χ3v) is 3.66. The van der Waals surface area contributed by atoms with Crippen molar-refractivity contribution in [1.29, 1.82) is 0 Å². The summed E-state index contributed by atoms with van der Waals surface area (Å²) in [6.07, 6.45) is 5.60. The van der Waals surface area contributed by atoms with E-state index in [4.69, 9.17) is 15.4 Å². The normalized spacial score (nSPS) is 19.8. The third-order valence-electron chi connectivity index (χ3n) is 3.66. The molecule has 2 rings (SSSR count). The molecule has 1 saturated heterocycles. The first-order valence-corrected chi connectivity index (χ1v) is 6.68. The molecule has 0 aromatic carbocycles. The molecule has 0 spiro atoms. The first-order valence-electron chi connectivity index (χ1n) is 6.68. The summed E-state index contributed by atoms with van der Waals surface area (Å²) in [5.74, 6) is 5.48. The maximum absolute atomic E-state index is 11.6. The standard InChI is InChI=1S/C13H21N3O3/c14-15-13(18)11-5-8-19-12(11)9-16-6-1-3-10(16)4-2-7-17/h5,8,10,17H,1-4,6-7,9,14H2,(H,15,18). The van der Waals surface area contributed by atoms with Gasteiger partial charge in [-0.1, -0.05) is 0 Å². The van der Waals surface area contributed by atoms with Gasteiger partial charge < -0.3 is 9.52 Å². The smallest absolute Gasteiger partial charge is 0.268 e. The van der Waals surface area contributed by atoms with Crippen LogP contribution in [0.25, 0.3) is 0 Å². The summed E-state index contributed by atoms with van der Waals surface area (Å²) in [4.78, 5) is 13.9. The molecular weight excluding hydrogens is 246 g/mol. The highest BCUT2D eigenvalue weighted by molar-refractivity contribution is 5.94. The SMILES string of the molecule is NNC(=O)c1ccoc1CN1CCCC1CCCO. The number of likely N-dealkylation sites (tertiary alicyclic amines) is 1. The van der Waals surface area contributed by atoms with E-state index in [1.807, 2.05) is 0 Å². The molecule has 0 bridgehead atoms. The number of nitrogen functional groups attached to an aromatic ring is 1. The number of nitrogens with zero attached hydrogens (tertiary/aromatic N) is 1. The predicted octanol–water partition coefficient (Wildman–Crippen LogP) is 0.620. The number of rotatable bonds is 6. The van der Waals surface area contributed by atoms with Crippen LogP contribution in [-0.4, -0.2) is 35.1 Å². The van der Waals surface area contributed by atoms with E-state index in [1.54, 1.807) is 6.07 Å². The number of carbonyl (C=O) groups is 1. The van der Waals surface area contributed by atoms with Crippen LogP contribution in [0.1, 0.15) is 41.8 Å². The Bertz CT molecular complexity index is 419. The molecule has 1 amide bonds. The zero-order valence-corrected chi connectivity index (χ0v) is 11.0. The van der Waals surface area contributed by atoms with E-state index in [1.165, 1.54) is 6.26 Å². The maximum Gasteiger partial charge on any atom is 0.268 e. The van der Waals surface area contributed by atoms with Crippen LogP contribution in [-0.2, 0) is 6.54 Å². The molecule has 0 aliphatic carbocycles. The first kappa shape index (κ1) is 14.0. The summed E-state index contributed by atoms with van der Waals surface area (Å²) in [6, 6.07) is 2.10. The summed E-state index contributed by atoms with van der Waals surface area (Å²) in [5.41, 5.74) is 2.62.